The Balaban J connectivity index is 1.50. The van der Waals surface area contributed by atoms with Gasteiger partial charge >= 0.3 is 0 Å². The molecular formula is C18H21N5O2S. The number of amides is 1. The molecule has 1 fully saturated rings. The van der Waals surface area contributed by atoms with Crippen molar-refractivity contribution in [1.82, 2.24) is 19.7 Å². The zero-order valence-electron chi connectivity index (χ0n) is 15.1. The largest absolute Gasteiger partial charge is 0.494 e. The third kappa shape index (κ3) is 2.90. The van der Waals surface area contributed by atoms with Gasteiger partial charge in [0.05, 0.1) is 23.6 Å². The maximum atomic E-state index is 12.5. The second-order valence-electron chi connectivity index (χ2n) is 6.44. The highest BCUT2D eigenvalue weighted by Gasteiger charge is 2.25. The molecule has 0 N–H and O–H groups in total. The van der Waals surface area contributed by atoms with Crippen molar-refractivity contribution in [3.8, 4) is 5.75 Å². The van der Waals surface area contributed by atoms with E-state index >= 15 is 0 Å². The van der Waals surface area contributed by atoms with Crippen LogP contribution in [0.25, 0.3) is 10.2 Å². The third-order valence-electron chi connectivity index (χ3n) is 4.70. The first-order valence-corrected chi connectivity index (χ1v) is 9.35. The van der Waals surface area contributed by atoms with Crippen molar-refractivity contribution in [3.63, 3.8) is 0 Å². The highest BCUT2D eigenvalue weighted by Crippen LogP contribution is 2.36. The molecule has 2 aromatic heterocycles. The van der Waals surface area contributed by atoms with Crippen LogP contribution in [0.3, 0.4) is 0 Å². The predicted octanol–water partition coefficient (Wildman–Crippen LogP) is 2.31. The number of aromatic nitrogens is 3. The quantitative estimate of drug-likeness (QED) is 0.707. The van der Waals surface area contributed by atoms with Crippen LogP contribution in [0, 0.1) is 6.92 Å². The standard InChI is InChI=1S/C18H21N5O2S/c1-12-4-5-14(25-3)15-16(12)26-18(20-15)23-8-6-22(7-9-23)17(24)13-10-19-21(2)11-13/h4-5,10-11H,6-9H2,1-3H3. The molecule has 1 saturated heterocycles. The number of ether oxygens (including phenoxy) is 1. The molecule has 0 atom stereocenters. The fraction of sp³-hybridized carbons (Fsp3) is 0.389. The molecule has 0 bridgehead atoms. The summed E-state index contributed by atoms with van der Waals surface area (Å²) in [5.74, 6) is 0.845. The highest BCUT2D eigenvalue weighted by molar-refractivity contribution is 7.22. The lowest BCUT2D eigenvalue weighted by atomic mass is 10.2. The van der Waals surface area contributed by atoms with Gasteiger partial charge in [-0.2, -0.15) is 5.10 Å². The van der Waals surface area contributed by atoms with Crippen LogP contribution >= 0.6 is 11.3 Å². The van der Waals surface area contributed by atoms with Crippen molar-refractivity contribution in [2.24, 2.45) is 7.05 Å². The number of benzene rings is 1. The number of carbonyl (C=O) groups is 1. The zero-order chi connectivity index (χ0) is 18.3. The lowest BCUT2D eigenvalue weighted by Crippen LogP contribution is -2.48. The molecule has 1 aromatic carbocycles. The summed E-state index contributed by atoms with van der Waals surface area (Å²) in [6.07, 6.45) is 3.38. The number of piperazine rings is 1. The van der Waals surface area contributed by atoms with Crippen LogP contribution in [0.4, 0.5) is 5.13 Å². The van der Waals surface area contributed by atoms with Crippen LogP contribution in [0.2, 0.25) is 0 Å². The van der Waals surface area contributed by atoms with Gasteiger partial charge in [0.25, 0.3) is 5.91 Å². The van der Waals surface area contributed by atoms with Gasteiger partial charge in [0, 0.05) is 39.4 Å². The Morgan fingerprint density at radius 1 is 1.23 bits per heavy atom. The van der Waals surface area contributed by atoms with E-state index in [1.807, 2.05) is 18.0 Å². The van der Waals surface area contributed by atoms with Crippen LogP contribution in [0.15, 0.2) is 24.5 Å². The summed E-state index contributed by atoms with van der Waals surface area (Å²) >= 11 is 1.69. The molecule has 3 heterocycles. The van der Waals surface area contributed by atoms with Gasteiger partial charge in [0.2, 0.25) is 0 Å². The van der Waals surface area contributed by atoms with Gasteiger partial charge < -0.3 is 14.5 Å². The van der Waals surface area contributed by atoms with E-state index in [1.54, 1.807) is 35.5 Å². The van der Waals surface area contributed by atoms with E-state index in [0.717, 1.165) is 34.2 Å². The second-order valence-corrected chi connectivity index (χ2v) is 7.42. The smallest absolute Gasteiger partial charge is 0.257 e. The normalized spacial score (nSPS) is 14.9. The van der Waals surface area contributed by atoms with Crippen LogP contribution in [-0.4, -0.2) is 58.9 Å². The van der Waals surface area contributed by atoms with E-state index in [1.165, 1.54) is 5.56 Å². The number of nitrogens with zero attached hydrogens (tertiary/aromatic N) is 5. The van der Waals surface area contributed by atoms with E-state index in [0.29, 0.717) is 18.7 Å². The predicted molar refractivity (Wildman–Crippen MR) is 102 cm³/mol. The molecule has 7 nitrogen and oxygen atoms in total. The fourth-order valence-electron chi connectivity index (χ4n) is 3.21. The fourth-order valence-corrected chi connectivity index (χ4v) is 4.32. The van der Waals surface area contributed by atoms with Gasteiger partial charge in [-0.3, -0.25) is 9.48 Å². The molecule has 0 saturated carbocycles. The molecule has 0 aliphatic carbocycles. The van der Waals surface area contributed by atoms with Crippen molar-refractivity contribution >= 4 is 32.6 Å². The van der Waals surface area contributed by atoms with Crippen LogP contribution < -0.4 is 9.64 Å². The van der Waals surface area contributed by atoms with Gasteiger partial charge in [0.1, 0.15) is 11.3 Å². The number of fused-ring (bicyclic) bond motifs is 1. The second kappa shape index (κ2) is 6.60. The molecule has 8 heteroatoms. The molecule has 0 spiro atoms. The van der Waals surface area contributed by atoms with E-state index in [-0.39, 0.29) is 5.91 Å². The average molecular weight is 371 g/mol. The van der Waals surface area contributed by atoms with Gasteiger partial charge in [-0.1, -0.05) is 17.4 Å². The summed E-state index contributed by atoms with van der Waals surface area (Å²) in [4.78, 5) is 21.5. The number of thiazole rings is 1. The molecule has 3 aromatic rings. The first-order chi connectivity index (χ1) is 12.6. The maximum absolute atomic E-state index is 12.5. The van der Waals surface area contributed by atoms with Crippen molar-refractivity contribution in [1.29, 1.82) is 0 Å². The molecule has 4 rings (SSSR count). The number of methoxy groups -OCH3 is 1. The monoisotopic (exact) mass is 371 g/mol. The highest BCUT2D eigenvalue weighted by atomic mass is 32.1. The molecular weight excluding hydrogens is 350 g/mol. The summed E-state index contributed by atoms with van der Waals surface area (Å²) in [5, 5.41) is 5.07. The number of hydrogen-bond donors (Lipinski definition) is 0. The summed E-state index contributed by atoms with van der Waals surface area (Å²) in [5.41, 5.74) is 2.76. The first kappa shape index (κ1) is 16.8. The van der Waals surface area contributed by atoms with Crippen molar-refractivity contribution in [3.05, 3.63) is 35.7 Å². The third-order valence-corrected chi connectivity index (χ3v) is 5.95. The summed E-state index contributed by atoms with van der Waals surface area (Å²) in [6.45, 7) is 4.99. The van der Waals surface area contributed by atoms with Crippen LogP contribution in [0.5, 0.6) is 5.75 Å². The van der Waals surface area contributed by atoms with Crippen LogP contribution in [0.1, 0.15) is 15.9 Å². The Hall–Kier alpha value is -2.61. The molecule has 1 amide bonds. The zero-order valence-corrected chi connectivity index (χ0v) is 15.9. The van der Waals surface area contributed by atoms with E-state index in [9.17, 15) is 4.79 Å². The Morgan fingerprint density at radius 2 is 2.00 bits per heavy atom. The molecule has 0 radical (unpaired) electrons. The maximum Gasteiger partial charge on any atom is 0.257 e. The number of anilines is 1. The minimum absolute atomic E-state index is 0.0413. The minimum Gasteiger partial charge on any atom is -0.494 e. The van der Waals surface area contributed by atoms with Crippen molar-refractivity contribution < 1.29 is 9.53 Å². The Labute approximate surface area is 155 Å². The van der Waals surface area contributed by atoms with Crippen molar-refractivity contribution in [2.45, 2.75) is 6.92 Å². The van der Waals surface area contributed by atoms with Gasteiger partial charge in [0.15, 0.2) is 5.13 Å². The topological polar surface area (TPSA) is 63.5 Å². The number of hydrogen-bond acceptors (Lipinski definition) is 6. The summed E-state index contributed by atoms with van der Waals surface area (Å²) in [7, 11) is 3.49. The van der Waals surface area contributed by atoms with Crippen molar-refractivity contribution in [2.75, 3.05) is 38.2 Å². The number of carbonyl (C=O) groups excluding carboxylic acids is 1. The first-order valence-electron chi connectivity index (χ1n) is 8.54. The molecule has 1 aliphatic heterocycles. The Morgan fingerprint density at radius 3 is 2.65 bits per heavy atom. The number of aryl methyl sites for hydroxylation is 2. The van der Waals surface area contributed by atoms with Gasteiger partial charge in [-0.15, -0.1) is 0 Å². The number of rotatable bonds is 3. The van der Waals surface area contributed by atoms with Crippen LogP contribution in [-0.2, 0) is 7.05 Å². The van der Waals surface area contributed by atoms with E-state index in [4.69, 9.17) is 9.72 Å². The molecule has 26 heavy (non-hydrogen) atoms. The lowest BCUT2D eigenvalue weighted by Gasteiger charge is -2.34. The molecule has 1 aliphatic rings. The van der Waals surface area contributed by atoms with E-state index < -0.39 is 0 Å². The Bertz CT molecular complexity index is 956. The summed E-state index contributed by atoms with van der Waals surface area (Å²) in [6, 6.07) is 4.03. The lowest BCUT2D eigenvalue weighted by molar-refractivity contribution is 0.0746. The van der Waals surface area contributed by atoms with Gasteiger partial charge in [-0.25, -0.2) is 4.98 Å². The average Bonchev–Trinajstić information content (AvgIpc) is 3.29. The van der Waals surface area contributed by atoms with E-state index in [2.05, 4.69) is 23.0 Å². The summed E-state index contributed by atoms with van der Waals surface area (Å²) < 4.78 is 8.26. The van der Waals surface area contributed by atoms with Gasteiger partial charge in [-0.05, 0) is 18.6 Å². The minimum atomic E-state index is 0.0413. The Kier molecular flexibility index (Phi) is 4.28. The molecule has 136 valence electrons. The molecule has 0 unspecified atom stereocenters. The SMILES string of the molecule is COc1ccc(C)c2sc(N3CCN(C(=O)c4cnn(C)c4)CC3)nc12.